The van der Waals surface area contributed by atoms with Crippen LogP contribution in [0.3, 0.4) is 0 Å². The number of nitrogens with zero attached hydrogens (tertiary/aromatic N) is 1. The van der Waals surface area contributed by atoms with E-state index in [1.54, 1.807) is 24.1 Å². The van der Waals surface area contributed by atoms with Crippen LogP contribution in [0.1, 0.15) is 10.4 Å². The van der Waals surface area contributed by atoms with Crippen molar-refractivity contribution in [2.45, 2.75) is 6.04 Å². The van der Waals surface area contributed by atoms with Crippen molar-refractivity contribution in [1.82, 2.24) is 10.2 Å². The molecule has 0 bridgehead atoms. The molecule has 0 saturated carbocycles. The Balaban J connectivity index is 0.00000162. The number of aromatic hydroxyl groups is 1. The standard InChI is InChI=1S/C12H16N2O3.ClH/c1-14(8-6-13-7-8)12(16)10-5-9(17-2)3-4-11(10)15;/h3-5,8,13,15H,6-7H2,1-2H3;1H. The Morgan fingerprint density at radius 1 is 1.50 bits per heavy atom. The summed E-state index contributed by atoms with van der Waals surface area (Å²) in [7, 11) is 3.27. The molecule has 0 aromatic heterocycles. The van der Waals surface area contributed by atoms with Crippen LogP contribution in [0.2, 0.25) is 0 Å². The van der Waals surface area contributed by atoms with Gasteiger partial charge < -0.3 is 20.1 Å². The van der Waals surface area contributed by atoms with Gasteiger partial charge in [-0.05, 0) is 18.2 Å². The van der Waals surface area contributed by atoms with Gasteiger partial charge in [0, 0.05) is 20.1 Å². The average molecular weight is 273 g/mol. The fraction of sp³-hybridized carbons (Fsp3) is 0.417. The molecule has 5 nitrogen and oxygen atoms in total. The average Bonchev–Trinajstić information content (AvgIpc) is 2.26. The number of likely N-dealkylation sites (N-methyl/N-ethyl adjacent to an activating group) is 1. The lowest BCUT2D eigenvalue weighted by atomic mass is 10.1. The molecular weight excluding hydrogens is 256 g/mol. The number of halogens is 1. The zero-order valence-electron chi connectivity index (χ0n) is 10.3. The number of hydrogen-bond acceptors (Lipinski definition) is 4. The van der Waals surface area contributed by atoms with Gasteiger partial charge in [0.1, 0.15) is 11.5 Å². The first-order valence-corrected chi connectivity index (χ1v) is 5.48. The Morgan fingerprint density at radius 2 is 2.17 bits per heavy atom. The van der Waals surface area contributed by atoms with Crippen LogP contribution in [-0.2, 0) is 0 Å². The summed E-state index contributed by atoms with van der Waals surface area (Å²) in [5.74, 6) is 0.356. The first kappa shape index (κ1) is 14.6. The molecule has 1 aromatic rings. The van der Waals surface area contributed by atoms with Gasteiger partial charge in [-0.2, -0.15) is 0 Å². The van der Waals surface area contributed by atoms with Crippen LogP contribution in [0.25, 0.3) is 0 Å². The highest BCUT2D eigenvalue weighted by Gasteiger charge is 2.27. The summed E-state index contributed by atoms with van der Waals surface area (Å²) >= 11 is 0. The highest BCUT2D eigenvalue weighted by molar-refractivity contribution is 5.97. The SMILES string of the molecule is COc1ccc(O)c(C(=O)N(C)C2CNC2)c1.Cl. The minimum Gasteiger partial charge on any atom is -0.507 e. The van der Waals surface area contributed by atoms with Crippen LogP contribution >= 0.6 is 12.4 Å². The number of benzene rings is 1. The Bertz CT molecular complexity index is 435. The molecular formula is C12H17ClN2O3. The van der Waals surface area contributed by atoms with Crippen molar-refractivity contribution < 1.29 is 14.6 Å². The zero-order chi connectivity index (χ0) is 12.4. The maximum absolute atomic E-state index is 12.2. The Morgan fingerprint density at radius 3 is 2.67 bits per heavy atom. The number of phenols is 1. The van der Waals surface area contributed by atoms with Gasteiger partial charge in [-0.25, -0.2) is 0 Å². The van der Waals surface area contributed by atoms with Gasteiger partial charge in [0.15, 0.2) is 0 Å². The van der Waals surface area contributed by atoms with Crippen molar-refractivity contribution in [3.8, 4) is 11.5 Å². The largest absolute Gasteiger partial charge is 0.507 e. The maximum Gasteiger partial charge on any atom is 0.257 e. The van der Waals surface area contributed by atoms with E-state index < -0.39 is 0 Å². The number of amides is 1. The number of nitrogens with one attached hydrogen (secondary N) is 1. The molecule has 0 spiro atoms. The lowest BCUT2D eigenvalue weighted by molar-refractivity contribution is 0.0678. The van der Waals surface area contributed by atoms with Crippen LogP contribution in [0.5, 0.6) is 11.5 Å². The highest BCUT2D eigenvalue weighted by atomic mass is 35.5. The summed E-state index contributed by atoms with van der Waals surface area (Å²) in [5, 5.41) is 12.8. The highest BCUT2D eigenvalue weighted by Crippen LogP contribution is 2.24. The van der Waals surface area contributed by atoms with E-state index in [1.165, 1.54) is 13.2 Å². The molecule has 18 heavy (non-hydrogen) atoms. The van der Waals surface area contributed by atoms with E-state index >= 15 is 0 Å². The summed E-state index contributed by atoms with van der Waals surface area (Å²) in [5.41, 5.74) is 0.277. The first-order valence-electron chi connectivity index (χ1n) is 5.48. The summed E-state index contributed by atoms with van der Waals surface area (Å²) in [4.78, 5) is 13.8. The van der Waals surface area contributed by atoms with Crippen molar-refractivity contribution in [3.63, 3.8) is 0 Å². The van der Waals surface area contributed by atoms with Crippen LogP contribution in [0.4, 0.5) is 0 Å². The van der Waals surface area contributed by atoms with Gasteiger partial charge in [0.25, 0.3) is 5.91 Å². The van der Waals surface area contributed by atoms with Crippen molar-refractivity contribution >= 4 is 18.3 Å². The lowest BCUT2D eigenvalue weighted by Crippen LogP contribution is -2.57. The fourth-order valence-electron chi connectivity index (χ4n) is 1.72. The molecule has 1 saturated heterocycles. The van der Waals surface area contributed by atoms with E-state index in [0.717, 1.165) is 13.1 Å². The van der Waals surface area contributed by atoms with Crippen molar-refractivity contribution in [2.24, 2.45) is 0 Å². The van der Waals surface area contributed by atoms with Gasteiger partial charge >= 0.3 is 0 Å². The van der Waals surface area contributed by atoms with Gasteiger partial charge in [-0.15, -0.1) is 12.4 Å². The van der Waals surface area contributed by atoms with E-state index in [1.807, 2.05) is 0 Å². The van der Waals surface area contributed by atoms with Gasteiger partial charge in [0.05, 0.1) is 18.7 Å². The third kappa shape index (κ3) is 2.68. The van der Waals surface area contributed by atoms with Gasteiger partial charge in [-0.1, -0.05) is 0 Å². The normalized spacial score (nSPS) is 14.3. The second-order valence-electron chi connectivity index (χ2n) is 4.11. The fourth-order valence-corrected chi connectivity index (χ4v) is 1.72. The van der Waals surface area contributed by atoms with E-state index in [2.05, 4.69) is 5.32 Å². The second-order valence-corrected chi connectivity index (χ2v) is 4.11. The molecule has 0 atom stereocenters. The van der Waals surface area contributed by atoms with Crippen molar-refractivity contribution in [1.29, 1.82) is 0 Å². The van der Waals surface area contributed by atoms with Crippen LogP contribution in [-0.4, -0.2) is 49.2 Å². The Labute approximate surface area is 112 Å². The second kappa shape index (κ2) is 5.93. The molecule has 6 heteroatoms. The topological polar surface area (TPSA) is 61.8 Å². The van der Waals surface area contributed by atoms with E-state index in [0.29, 0.717) is 5.75 Å². The molecule has 2 rings (SSSR count). The minimum atomic E-state index is -0.187. The predicted molar refractivity (Wildman–Crippen MR) is 70.7 cm³/mol. The van der Waals surface area contributed by atoms with Crippen LogP contribution in [0.15, 0.2) is 18.2 Å². The Kier molecular flexibility index (Phi) is 4.81. The molecule has 1 fully saturated rings. The number of hydrogen-bond donors (Lipinski definition) is 2. The van der Waals surface area contributed by atoms with Gasteiger partial charge in [0.2, 0.25) is 0 Å². The van der Waals surface area contributed by atoms with Crippen molar-refractivity contribution in [3.05, 3.63) is 23.8 Å². The van der Waals surface area contributed by atoms with E-state index in [9.17, 15) is 9.90 Å². The maximum atomic E-state index is 12.2. The molecule has 1 amide bonds. The molecule has 100 valence electrons. The third-order valence-corrected chi connectivity index (χ3v) is 3.06. The smallest absolute Gasteiger partial charge is 0.257 e. The molecule has 1 heterocycles. The lowest BCUT2D eigenvalue weighted by Gasteiger charge is -2.35. The molecule has 0 aliphatic carbocycles. The molecule has 1 aliphatic rings. The van der Waals surface area contributed by atoms with E-state index in [-0.39, 0.29) is 35.7 Å². The van der Waals surface area contributed by atoms with Crippen LogP contribution in [0, 0.1) is 0 Å². The molecule has 0 radical (unpaired) electrons. The number of rotatable bonds is 3. The van der Waals surface area contributed by atoms with Gasteiger partial charge in [-0.3, -0.25) is 4.79 Å². The van der Waals surface area contributed by atoms with Crippen LogP contribution < -0.4 is 10.1 Å². The molecule has 1 aliphatic heterocycles. The third-order valence-electron chi connectivity index (χ3n) is 3.06. The summed E-state index contributed by atoms with van der Waals surface area (Å²) in [6, 6.07) is 4.85. The number of methoxy groups -OCH3 is 1. The summed E-state index contributed by atoms with van der Waals surface area (Å²) < 4.78 is 5.05. The molecule has 0 unspecified atom stereocenters. The minimum absolute atomic E-state index is 0. The summed E-state index contributed by atoms with van der Waals surface area (Å²) in [6.07, 6.45) is 0. The number of phenolic OH excluding ortho intramolecular Hbond substituents is 1. The quantitative estimate of drug-likeness (QED) is 0.857. The molecule has 2 N–H and O–H groups in total. The molecule has 1 aromatic carbocycles. The number of carbonyl (C=O) groups excluding carboxylic acids is 1. The first-order chi connectivity index (χ1) is 8.13. The van der Waals surface area contributed by atoms with Crippen molar-refractivity contribution in [2.75, 3.05) is 27.2 Å². The number of ether oxygens (including phenoxy) is 1. The zero-order valence-corrected chi connectivity index (χ0v) is 11.2. The summed E-state index contributed by atoms with van der Waals surface area (Å²) in [6.45, 7) is 1.60. The number of carbonyl (C=O) groups is 1. The monoisotopic (exact) mass is 272 g/mol. The van der Waals surface area contributed by atoms with E-state index in [4.69, 9.17) is 4.74 Å². The Hall–Kier alpha value is -1.46. The predicted octanol–water partition coefficient (Wildman–Crippen LogP) is 0.866.